The van der Waals surface area contributed by atoms with Crippen molar-refractivity contribution in [1.29, 1.82) is 0 Å². The van der Waals surface area contributed by atoms with Gasteiger partial charge in [0.1, 0.15) is 11.9 Å². The zero-order chi connectivity index (χ0) is 12.8. The number of halogens is 3. The summed E-state index contributed by atoms with van der Waals surface area (Å²) in [6, 6.07) is 5.44. The van der Waals surface area contributed by atoms with Gasteiger partial charge in [-0.2, -0.15) is 8.78 Å². The molecular weight excluding hydrogens is 254 g/mol. The third-order valence-corrected chi connectivity index (χ3v) is 2.43. The second kappa shape index (κ2) is 6.74. The standard InChI is InChI=1S/C11H13ClF2O3/c12-6-5-9(15)10(16)7-1-3-8(4-2-7)17-11(13)14/h1-4,9-11,15-16H,5-6H2. The fraction of sp³-hybridized carbons (Fsp3) is 0.455. The Bertz CT molecular complexity index is 332. The Balaban J connectivity index is 2.66. The number of aliphatic hydroxyl groups excluding tert-OH is 2. The summed E-state index contributed by atoms with van der Waals surface area (Å²) in [7, 11) is 0. The average Bonchev–Trinajstić information content (AvgIpc) is 2.28. The Kier molecular flexibility index (Phi) is 5.61. The van der Waals surface area contributed by atoms with Crippen LogP contribution in [0.15, 0.2) is 24.3 Å². The van der Waals surface area contributed by atoms with Crippen molar-refractivity contribution >= 4 is 11.6 Å². The molecule has 0 fully saturated rings. The van der Waals surface area contributed by atoms with Crippen LogP contribution in [-0.4, -0.2) is 28.8 Å². The van der Waals surface area contributed by atoms with E-state index in [1.165, 1.54) is 24.3 Å². The number of alkyl halides is 3. The minimum absolute atomic E-state index is 0.00258. The average molecular weight is 267 g/mol. The van der Waals surface area contributed by atoms with Crippen LogP contribution in [0.25, 0.3) is 0 Å². The van der Waals surface area contributed by atoms with Crippen molar-refractivity contribution in [3.05, 3.63) is 29.8 Å². The molecule has 0 spiro atoms. The lowest BCUT2D eigenvalue weighted by atomic mass is 10.0. The van der Waals surface area contributed by atoms with Gasteiger partial charge >= 0.3 is 6.61 Å². The molecule has 0 heterocycles. The van der Waals surface area contributed by atoms with Crippen LogP contribution in [0.5, 0.6) is 5.75 Å². The molecule has 3 nitrogen and oxygen atoms in total. The van der Waals surface area contributed by atoms with Crippen LogP contribution in [0.3, 0.4) is 0 Å². The SMILES string of the molecule is OC(CCCl)C(O)c1ccc(OC(F)F)cc1. The first-order valence-corrected chi connectivity index (χ1v) is 5.55. The Labute approximate surface area is 103 Å². The zero-order valence-electron chi connectivity index (χ0n) is 8.89. The van der Waals surface area contributed by atoms with Crippen molar-refractivity contribution in [3.63, 3.8) is 0 Å². The van der Waals surface area contributed by atoms with Crippen molar-refractivity contribution in [2.45, 2.75) is 25.2 Å². The van der Waals surface area contributed by atoms with Gasteiger partial charge in [0.2, 0.25) is 0 Å². The van der Waals surface area contributed by atoms with E-state index in [4.69, 9.17) is 11.6 Å². The van der Waals surface area contributed by atoms with E-state index in [1.54, 1.807) is 0 Å². The van der Waals surface area contributed by atoms with Crippen LogP contribution in [0, 0.1) is 0 Å². The molecule has 0 bridgehead atoms. The molecule has 6 heteroatoms. The highest BCUT2D eigenvalue weighted by molar-refractivity contribution is 6.17. The monoisotopic (exact) mass is 266 g/mol. The number of rotatable bonds is 6. The minimum Gasteiger partial charge on any atom is -0.435 e. The van der Waals surface area contributed by atoms with E-state index in [-0.39, 0.29) is 18.1 Å². The maximum absolute atomic E-state index is 11.9. The quantitative estimate of drug-likeness (QED) is 0.777. The fourth-order valence-electron chi connectivity index (χ4n) is 1.34. The first-order chi connectivity index (χ1) is 8.04. The summed E-state index contributed by atoms with van der Waals surface area (Å²) in [6.07, 6.45) is -1.82. The summed E-state index contributed by atoms with van der Waals surface area (Å²) in [6.45, 7) is -2.88. The first-order valence-electron chi connectivity index (χ1n) is 5.01. The number of hydrogen-bond donors (Lipinski definition) is 2. The van der Waals surface area contributed by atoms with Crippen LogP contribution in [0.1, 0.15) is 18.1 Å². The molecule has 0 radical (unpaired) electrons. The van der Waals surface area contributed by atoms with E-state index in [9.17, 15) is 19.0 Å². The van der Waals surface area contributed by atoms with Crippen molar-refractivity contribution in [1.82, 2.24) is 0 Å². The van der Waals surface area contributed by atoms with Crippen molar-refractivity contribution in [3.8, 4) is 5.75 Å². The summed E-state index contributed by atoms with van der Waals surface area (Å²) >= 11 is 5.44. The van der Waals surface area contributed by atoms with Crippen molar-refractivity contribution in [2.75, 3.05) is 5.88 Å². The molecule has 0 saturated heterocycles. The molecule has 1 aromatic rings. The van der Waals surface area contributed by atoms with E-state index >= 15 is 0 Å². The highest BCUT2D eigenvalue weighted by atomic mass is 35.5. The molecule has 2 atom stereocenters. The Hall–Kier alpha value is -0.910. The summed E-state index contributed by atoms with van der Waals surface area (Å²) in [5.74, 6) is 0.230. The maximum Gasteiger partial charge on any atom is 0.387 e. The molecule has 0 aliphatic carbocycles. The molecule has 1 rings (SSSR count). The van der Waals surface area contributed by atoms with E-state index in [0.717, 1.165) is 0 Å². The van der Waals surface area contributed by atoms with Crippen LogP contribution >= 0.6 is 11.6 Å². The summed E-state index contributed by atoms with van der Waals surface area (Å²) in [5.41, 5.74) is 0.421. The van der Waals surface area contributed by atoms with Crippen LogP contribution in [-0.2, 0) is 0 Å². The van der Waals surface area contributed by atoms with Crippen LogP contribution in [0.4, 0.5) is 8.78 Å². The highest BCUT2D eigenvalue weighted by Crippen LogP contribution is 2.22. The van der Waals surface area contributed by atoms with Gasteiger partial charge in [-0.25, -0.2) is 0 Å². The van der Waals surface area contributed by atoms with Crippen LogP contribution < -0.4 is 4.74 Å². The molecule has 1 aromatic carbocycles. The predicted molar refractivity (Wildman–Crippen MR) is 59.4 cm³/mol. The minimum atomic E-state index is -2.88. The predicted octanol–water partition coefficient (Wildman–Crippen LogP) is 2.31. The fourth-order valence-corrected chi connectivity index (χ4v) is 1.56. The molecule has 0 aliphatic rings. The maximum atomic E-state index is 11.9. The third kappa shape index (κ3) is 4.46. The van der Waals surface area contributed by atoms with Crippen molar-refractivity contribution < 1.29 is 23.7 Å². The molecule has 2 unspecified atom stereocenters. The van der Waals surface area contributed by atoms with Gasteiger partial charge < -0.3 is 14.9 Å². The lowest BCUT2D eigenvalue weighted by Crippen LogP contribution is -2.18. The Morgan fingerprint density at radius 2 is 1.76 bits per heavy atom. The molecule has 96 valence electrons. The van der Waals surface area contributed by atoms with E-state index < -0.39 is 18.8 Å². The number of aliphatic hydroxyl groups is 2. The van der Waals surface area contributed by atoms with Gasteiger partial charge in [-0.3, -0.25) is 0 Å². The number of ether oxygens (including phenoxy) is 1. The summed E-state index contributed by atoms with van der Waals surface area (Å²) in [5, 5.41) is 19.2. The normalized spacial score (nSPS) is 14.7. The molecular formula is C11H13ClF2O3. The molecule has 0 saturated carbocycles. The second-order valence-corrected chi connectivity index (χ2v) is 3.82. The van der Waals surface area contributed by atoms with E-state index in [1.807, 2.05) is 0 Å². The number of benzene rings is 1. The van der Waals surface area contributed by atoms with Gasteiger partial charge in [-0.05, 0) is 24.1 Å². The number of hydrogen-bond acceptors (Lipinski definition) is 3. The van der Waals surface area contributed by atoms with E-state index in [2.05, 4.69) is 4.74 Å². The molecule has 0 aliphatic heterocycles. The lowest BCUT2D eigenvalue weighted by Gasteiger charge is -2.17. The van der Waals surface area contributed by atoms with Gasteiger partial charge in [-0.1, -0.05) is 12.1 Å². The molecule has 17 heavy (non-hydrogen) atoms. The lowest BCUT2D eigenvalue weighted by molar-refractivity contribution is -0.0499. The molecule has 2 N–H and O–H groups in total. The highest BCUT2D eigenvalue weighted by Gasteiger charge is 2.17. The van der Waals surface area contributed by atoms with Gasteiger partial charge in [0.05, 0.1) is 6.10 Å². The second-order valence-electron chi connectivity index (χ2n) is 3.44. The van der Waals surface area contributed by atoms with Gasteiger partial charge in [0, 0.05) is 5.88 Å². The largest absolute Gasteiger partial charge is 0.435 e. The summed E-state index contributed by atoms with van der Waals surface area (Å²) in [4.78, 5) is 0. The van der Waals surface area contributed by atoms with Gasteiger partial charge in [-0.15, -0.1) is 11.6 Å². The molecule has 0 aromatic heterocycles. The van der Waals surface area contributed by atoms with Gasteiger partial charge in [0.25, 0.3) is 0 Å². The zero-order valence-corrected chi connectivity index (χ0v) is 9.65. The summed E-state index contributed by atoms with van der Waals surface area (Å²) < 4.78 is 27.9. The molecule has 0 amide bonds. The topological polar surface area (TPSA) is 49.7 Å². The first kappa shape index (κ1) is 14.2. The van der Waals surface area contributed by atoms with E-state index in [0.29, 0.717) is 5.56 Å². The smallest absolute Gasteiger partial charge is 0.387 e. The van der Waals surface area contributed by atoms with Gasteiger partial charge in [0.15, 0.2) is 0 Å². The third-order valence-electron chi connectivity index (χ3n) is 2.22. The van der Waals surface area contributed by atoms with Crippen LogP contribution in [0.2, 0.25) is 0 Å². The Morgan fingerprint density at radius 1 is 1.18 bits per heavy atom. The Morgan fingerprint density at radius 3 is 2.24 bits per heavy atom. The van der Waals surface area contributed by atoms with Crippen molar-refractivity contribution in [2.24, 2.45) is 0 Å².